The van der Waals surface area contributed by atoms with Crippen LogP contribution in [0.5, 0.6) is 0 Å². The Balaban J connectivity index is 1.44. The number of ether oxygens (including phenoxy) is 1. The number of benzene rings is 1. The lowest BCUT2D eigenvalue weighted by Gasteiger charge is -2.37. The first-order valence-corrected chi connectivity index (χ1v) is 11.1. The molecule has 2 N–H and O–H groups in total. The van der Waals surface area contributed by atoms with E-state index >= 15 is 0 Å². The molecule has 8 heteroatoms. The number of rotatable bonds is 4. The van der Waals surface area contributed by atoms with Gasteiger partial charge in [-0.1, -0.05) is 32.8 Å². The molecule has 1 aliphatic carbocycles. The van der Waals surface area contributed by atoms with Crippen LogP contribution >= 0.6 is 0 Å². The predicted octanol–water partition coefficient (Wildman–Crippen LogP) is 2.06. The molecule has 3 aliphatic rings. The largest absolute Gasteiger partial charge is 0.367 e. The van der Waals surface area contributed by atoms with E-state index in [2.05, 4.69) is 22.4 Å². The van der Waals surface area contributed by atoms with Gasteiger partial charge in [0.2, 0.25) is 5.91 Å². The van der Waals surface area contributed by atoms with Crippen molar-refractivity contribution in [3.8, 4) is 0 Å². The van der Waals surface area contributed by atoms with E-state index < -0.39 is 12.1 Å². The second-order valence-electron chi connectivity index (χ2n) is 9.59. The van der Waals surface area contributed by atoms with Gasteiger partial charge in [0.1, 0.15) is 18.7 Å². The third-order valence-electron chi connectivity index (χ3n) is 7.39. The Kier molecular flexibility index (Phi) is 4.84. The lowest BCUT2D eigenvalue weighted by Crippen LogP contribution is -2.57. The van der Waals surface area contributed by atoms with Gasteiger partial charge in [-0.25, -0.2) is 0 Å². The Morgan fingerprint density at radius 2 is 2.10 bits per heavy atom. The number of likely N-dealkylation sites (tertiary alicyclic amines) is 1. The van der Waals surface area contributed by atoms with Crippen LogP contribution in [0, 0.1) is 11.3 Å². The van der Waals surface area contributed by atoms with Crippen molar-refractivity contribution >= 4 is 28.5 Å². The van der Waals surface area contributed by atoms with E-state index in [4.69, 9.17) is 4.74 Å². The van der Waals surface area contributed by atoms with Crippen LogP contribution in [0.15, 0.2) is 24.4 Å². The number of aromatic amines is 1. The monoisotopic (exact) mass is 424 g/mol. The minimum absolute atomic E-state index is 0.0472. The number of aromatic nitrogens is 2. The molecule has 3 fully saturated rings. The van der Waals surface area contributed by atoms with E-state index in [0.29, 0.717) is 12.1 Å². The van der Waals surface area contributed by atoms with Crippen LogP contribution in [0.25, 0.3) is 10.9 Å². The first kappa shape index (κ1) is 20.2. The Labute approximate surface area is 180 Å². The molecular formula is C23H28N4O4. The highest BCUT2D eigenvalue weighted by Gasteiger charge is 2.54. The zero-order valence-corrected chi connectivity index (χ0v) is 17.9. The first-order valence-electron chi connectivity index (χ1n) is 11.1. The van der Waals surface area contributed by atoms with Gasteiger partial charge in [0.25, 0.3) is 5.91 Å². The molecule has 0 radical (unpaired) electrons. The number of H-pyrrole nitrogens is 1. The molecule has 4 atom stereocenters. The molecule has 5 rings (SSSR count). The summed E-state index contributed by atoms with van der Waals surface area (Å²) in [6.45, 7) is 4.61. The molecule has 3 heterocycles. The smallest absolute Gasteiger partial charge is 0.252 e. The summed E-state index contributed by atoms with van der Waals surface area (Å²) in [4.78, 5) is 41.1. The molecule has 0 spiro atoms. The average Bonchev–Trinajstić information content (AvgIpc) is 3.52. The molecule has 1 aromatic heterocycles. The van der Waals surface area contributed by atoms with Crippen molar-refractivity contribution in [1.82, 2.24) is 20.4 Å². The SMILES string of the molecule is C[C@H]1CN(C(=O)[C@@H](NC(=O)c2ccc3cn[nH]c3c2)C2(C)CCCC2)[C@@H]2C(=O)CO[C@@H]21. The Hall–Kier alpha value is -2.74. The quantitative estimate of drug-likeness (QED) is 0.782. The van der Waals surface area contributed by atoms with Crippen LogP contribution in [0.2, 0.25) is 0 Å². The summed E-state index contributed by atoms with van der Waals surface area (Å²) in [5, 5.41) is 10.8. The van der Waals surface area contributed by atoms with Gasteiger partial charge in [-0.15, -0.1) is 0 Å². The summed E-state index contributed by atoms with van der Waals surface area (Å²) >= 11 is 0. The molecule has 8 nitrogen and oxygen atoms in total. The van der Waals surface area contributed by atoms with Gasteiger partial charge >= 0.3 is 0 Å². The summed E-state index contributed by atoms with van der Waals surface area (Å²) in [5.74, 6) is -0.413. The molecule has 2 aliphatic heterocycles. The fourth-order valence-electron chi connectivity index (χ4n) is 5.58. The third kappa shape index (κ3) is 3.33. The number of fused-ring (bicyclic) bond motifs is 2. The Morgan fingerprint density at radius 1 is 1.32 bits per heavy atom. The van der Waals surface area contributed by atoms with Crippen molar-refractivity contribution < 1.29 is 19.1 Å². The number of nitrogens with zero attached hydrogens (tertiary/aromatic N) is 2. The van der Waals surface area contributed by atoms with Crippen molar-refractivity contribution in [2.75, 3.05) is 13.2 Å². The Bertz CT molecular complexity index is 1040. The van der Waals surface area contributed by atoms with Crippen LogP contribution < -0.4 is 5.32 Å². The van der Waals surface area contributed by atoms with E-state index in [9.17, 15) is 14.4 Å². The van der Waals surface area contributed by atoms with E-state index in [1.165, 1.54) is 0 Å². The summed E-state index contributed by atoms with van der Waals surface area (Å²) < 4.78 is 5.66. The number of hydrogen-bond acceptors (Lipinski definition) is 5. The normalized spacial score (nSPS) is 28.1. The van der Waals surface area contributed by atoms with Gasteiger partial charge in [0.05, 0.1) is 17.8 Å². The summed E-state index contributed by atoms with van der Waals surface area (Å²) in [6, 6.07) is 4.11. The summed E-state index contributed by atoms with van der Waals surface area (Å²) in [7, 11) is 0. The van der Waals surface area contributed by atoms with Crippen LogP contribution in [0.4, 0.5) is 0 Å². The topological polar surface area (TPSA) is 104 Å². The zero-order valence-electron chi connectivity index (χ0n) is 17.9. The van der Waals surface area contributed by atoms with E-state index in [-0.39, 0.29) is 41.6 Å². The molecule has 0 bridgehead atoms. The standard InChI is InChI=1S/C23H28N4O4/c1-13-11-27(18-17(28)12-31-19(13)18)22(30)20(23(2)7-3-4-8-23)25-21(29)14-5-6-15-10-24-26-16(15)9-14/h5-6,9-10,13,18-20H,3-4,7-8,11-12H2,1-2H3,(H,24,26)(H,25,29)/t13-,18+,19+,20+/m0/s1. The van der Waals surface area contributed by atoms with Crippen molar-refractivity contribution in [1.29, 1.82) is 0 Å². The zero-order chi connectivity index (χ0) is 21.8. The lowest BCUT2D eigenvalue weighted by molar-refractivity contribution is -0.140. The molecule has 2 saturated heterocycles. The van der Waals surface area contributed by atoms with E-state index in [1.807, 2.05) is 13.0 Å². The number of hydrogen-bond donors (Lipinski definition) is 2. The molecule has 2 aromatic rings. The minimum atomic E-state index is -0.681. The van der Waals surface area contributed by atoms with Crippen molar-refractivity contribution in [3.05, 3.63) is 30.0 Å². The maximum Gasteiger partial charge on any atom is 0.252 e. The number of ketones is 1. The molecule has 2 amide bonds. The summed E-state index contributed by atoms with van der Waals surface area (Å²) in [5.41, 5.74) is 0.908. The number of carbonyl (C=O) groups excluding carboxylic acids is 3. The molecule has 164 valence electrons. The van der Waals surface area contributed by atoms with Gasteiger partial charge < -0.3 is 15.0 Å². The molecule has 1 saturated carbocycles. The second kappa shape index (κ2) is 7.44. The maximum atomic E-state index is 13.8. The van der Waals surface area contributed by atoms with Crippen molar-refractivity contribution in [2.24, 2.45) is 11.3 Å². The molecule has 0 unspecified atom stereocenters. The van der Waals surface area contributed by atoms with Gasteiger partial charge in [-0.2, -0.15) is 5.10 Å². The van der Waals surface area contributed by atoms with E-state index in [0.717, 1.165) is 36.6 Å². The lowest BCUT2D eigenvalue weighted by atomic mass is 9.79. The van der Waals surface area contributed by atoms with Crippen molar-refractivity contribution in [2.45, 2.75) is 57.7 Å². The Morgan fingerprint density at radius 3 is 2.87 bits per heavy atom. The van der Waals surface area contributed by atoms with Gasteiger partial charge in [0.15, 0.2) is 5.78 Å². The fraction of sp³-hybridized carbons (Fsp3) is 0.565. The highest BCUT2D eigenvalue weighted by molar-refractivity contribution is 6.01. The van der Waals surface area contributed by atoms with Gasteiger partial charge in [-0.3, -0.25) is 19.5 Å². The number of amides is 2. The molecular weight excluding hydrogens is 396 g/mol. The van der Waals surface area contributed by atoms with Crippen molar-refractivity contribution in [3.63, 3.8) is 0 Å². The van der Waals surface area contributed by atoms with E-state index in [1.54, 1.807) is 23.2 Å². The predicted molar refractivity (Wildman–Crippen MR) is 113 cm³/mol. The highest BCUT2D eigenvalue weighted by Crippen LogP contribution is 2.42. The fourth-order valence-corrected chi connectivity index (χ4v) is 5.58. The highest BCUT2D eigenvalue weighted by atomic mass is 16.5. The maximum absolute atomic E-state index is 13.8. The number of carbonyl (C=O) groups is 3. The van der Waals surface area contributed by atoms with Crippen LogP contribution in [-0.2, 0) is 14.3 Å². The van der Waals surface area contributed by atoms with Gasteiger partial charge in [0, 0.05) is 23.4 Å². The number of Topliss-reactive ketones (excluding diaryl/α,β-unsaturated/α-hetero) is 1. The first-order chi connectivity index (χ1) is 14.9. The minimum Gasteiger partial charge on any atom is -0.367 e. The third-order valence-corrected chi connectivity index (χ3v) is 7.39. The van der Waals surface area contributed by atoms with Crippen LogP contribution in [0.1, 0.15) is 49.9 Å². The van der Waals surface area contributed by atoms with Gasteiger partial charge in [-0.05, 0) is 30.4 Å². The molecule has 1 aromatic carbocycles. The summed E-state index contributed by atoms with van der Waals surface area (Å²) in [6.07, 6.45) is 5.25. The van der Waals surface area contributed by atoms with Crippen LogP contribution in [0.3, 0.4) is 0 Å². The molecule has 31 heavy (non-hydrogen) atoms. The number of nitrogens with one attached hydrogen (secondary N) is 2. The van der Waals surface area contributed by atoms with Crippen LogP contribution in [-0.4, -0.2) is 64.0 Å². The average molecular weight is 425 g/mol. The second-order valence-corrected chi connectivity index (χ2v) is 9.59.